The van der Waals surface area contributed by atoms with Gasteiger partial charge in [-0.25, -0.2) is 0 Å². The van der Waals surface area contributed by atoms with E-state index in [0.717, 1.165) is 16.9 Å². The number of benzene rings is 2. The van der Waals surface area contributed by atoms with Gasteiger partial charge in [0.1, 0.15) is 5.75 Å². The van der Waals surface area contributed by atoms with Gasteiger partial charge in [-0.05, 0) is 30.0 Å². The van der Waals surface area contributed by atoms with Crippen molar-refractivity contribution < 1.29 is 19.0 Å². The van der Waals surface area contributed by atoms with Gasteiger partial charge in [-0.2, -0.15) is 11.8 Å². The van der Waals surface area contributed by atoms with Gasteiger partial charge in [0.25, 0.3) is 5.91 Å². The second-order valence-corrected chi connectivity index (χ2v) is 6.20. The lowest BCUT2D eigenvalue weighted by Gasteiger charge is -2.14. The highest BCUT2D eigenvalue weighted by atomic mass is 32.2. The molecule has 134 valence electrons. The van der Waals surface area contributed by atoms with Crippen molar-refractivity contribution >= 4 is 17.7 Å². The summed E-state index contributed by atoms with van der Waals surface area (Å²) < 4.78 is 16.0. The molecule has 0 saturated carbocycles. The molecule has 0 radical (unpaired) electrons. The Hall–Kier alpha value is -2.34. The summed E-state index contributed by atoms with van der Waals surface area (Å²) in [5.74, 6) is 2.56. The molecule has 0 heterocycles. The van der Waals surface area contributed by atoms with E-state index in [9.17, 15) is 4.79 Å². The zero-order valence-electron chi connectivity index (χ0n) is 14.9. The Balaban J connectivity index is 2.14. The summed E-state index contributed by atoms with van der Waals surface area (Å²) in [6.07, 6.45) is 2.04. The van der Waals surface area contributed by atoms with Gasteiger partial charge in [0.2, 0.25) is 0 Å². The molecule has 2 rings (SSSR count). The normalized spacial score (nSPS) is 10.2. The van der Waals surface area contributed by atoms with Crippen LogP contribution in [-0.4, -0.2) is 33.5 Å². The molecule has 0 spiro atoms. The van der Waals surface area contributed by atoms with Crippen molar-refractivity contribution in [3.63, 3.8) is 0 Å². The molecule has 6 heteroatoms. The van der Waals surface area contributed by atoms with E-state index in [1.807, 2.05) is 36.6 Å². The average molecular weight is 361 g/mol. The van der Waals surface area contributed by atoms with E-state index >= 15 is 0 Å². The summed E-state index contributed by atoms with van der Waals surface area (Å²) in [6.45, 7) is 0.328. The number of methoxy groups -OCH3 is 3. The third-order valence-electron chi connectivity index (χ3n) is 3.73. The molecule has 25 heavy (non-hydrogen) atoms. The molecule has 0 fully saturated rings. The molecule has 0 aromatic heterocycles. The molecular formula is C19H23NO4S. The van der Waals surface area contributed by atoms with Crippen molar-refractivity contribution in [2.75, 3.05) is 27.6 Å². The van der Waals surface area contributed by atoms with E-state index in [1.54, 1.807) is 39.2 Å². The summed E-state index contributed by atoms with van der Waals surface area (Å²) in [6, 6.07) is 11.2. The van der Waals surface area contributed by atoms with Crippen LogP contribution in [0.15, 0.2) is 36.4 Å². The lowest BCUT2D eigenvalue weighted by atomic mass is 10.1. The van der Waals surface area contributed by atoms with Gasteiger partial charge in [-0.15, -0.1) is 0 Å². The number of ether oxygens (including phenoxy) is 3. The molecule has 0 bridgehead atoms. The van der Waals surface area contributed by atoms with Crippen LogP contribution in [0.3, 0.4) is 0 Å². The maximum atomic E-state index is 12.4. The Labute approximate surface area is 152 Å². The molecule has 1 amide bonds. The first-order valence-corrected chi connectivity index (χ1v) is 9.17. The largest absolute Gasteiger partial charge is 0.496 e. The fourth-order valence-electron chi connectivity index (χ4n) is 2.48. The van der Waals surface area contributed by atoms with Crippen molar-refractivity contribution in [1.29, 1.82) is 0 Å². The van der Waals surface area contributed by atoms with Gasteiger partial charge < -0.3 is 19.5 Å². The minimum absolute atomic E-state index is 0.125. The third kappa shape index (κ3) is 4.82. The Morgan fingerprint density at radius 1 is 1.00 bits per heavy atom. The minimum atomic E-state index is -0.125. The molecule has 5 nitrogen and oxygen atoms in total. The predicted octanol–water partition coefficient (Wildman–Crippen LogP) is 3.51. The van der Waals surface area contributed by atoms with E-state index in [0.29, 0.717) is 29.4 Å². The van der Waals surface area contributed by atoms with Crippen LogP contribution in [0.4, 0.5) is 0 Å². The number of amides is 1. The Morgan fingerprint density at radius 3 is 2.32 bits per heavy atom. The van der Waals surface area contributed by atoms with Crippen molar-refractivity contribution in [3.8, 4) is 17.2 Å². The molecule has 0 atom stereocenters. The monoisotopic (exact) mass is 361 g/mol. The molecule has 0 aliphatic rings. The number of hydrogen-bond donors (Lipinski definition) is 1. The Kier molecular flexibility index (Phi) is 7.01. The van der Waals surface area contributed by atoms with E-state index < -0.39 is 0 Å². The summed E-state index contributed by atoms with van der Waals surface area (Å²) in [7, 11) is 4.72. The maximum Gasteiger partial charge on any atom is 0.251 e. The lowest BCUT2D eigenvalue weighted by molar-refractivity contribution is 0.0950. The molecule has 0 saturated heterocycles. The molecule has 0 unspecified atom stereocenters. The Morgan fingerprint density at radius 2 is 1.68 bits per heavy atom. The summed E-state index contributed by atoms with van der Waals surface area (Å²) >= 11 is 1.72. The first kappa shape index (κ1) is 19.0. The molecular weight excluding hydrogens is 338 g/mol. The minimum Gasteiger partial charge on any atom is -0.496 e. The quantitative estimate of drug-likeness (QED) is 0.780. The van der Waals surface area contributed by atoms with E-state index in [1.165, 1.54) is 0 Å². The van der Waals surface area contributed by atoms with Crippen LogP contribution in [-0.2, 0) is 12.3 Å². The van der Waals surface area contributed by atoms with Crippen LogP contribution in [0.5, 0.6) is 17.2 Å². The zero-order valence-corrected chi connectivity index (χ0v) is 15.7. The van der Waals surface area contributed by atoms with E-state index in [-0.39, 0.29) is 5.91 Å². The van der Waals surface area contributed by atoms with Crippen LogP contribution < -0.4 is 19.5 Å². The zero-order chi connectivity index (χ0) is 18.2. The molecule has 0 aliphatic heterocycles. The average Bonchev–Trinajstić information content (AvgIpc) is 2.65. The van der Waals surface area contributed by atoms with Crippen LogP contribution >= 0.6 is 11.8 Å². The SMILES string of the molecule is COc1cc(OC)c(OC)cc1CNC(=O)c1cccc(CSC)c1. The number of carbonyl (C=O) groups excluding carboxylic acids is 1. The van der Waals surface area contributed by atoms with Gasteiger partial charge in [0, 0.05) is 29.5 Å². The van der Waals surface area contributed by atoms with Crippen molar-refractivity contribution in [2.24, 2.45) is 0 Å². The molecule has 2 aromatic rings. The fourth-order valence-corrected chi connectivity index (χ4v) is 2.99. The summed E-state index contributed by atoms with van der Waals surface area (Å²) in [4.78, 5) is 12.4. The number of hydrogen-bond acceptors (Lipinski definition) is 5. The highest BCUT2D eigenvalue weighted by Crippen LogP contribution is 2.34. The molecule has 0 aliphatic carbocycles. The molecule has 2 aromatic carbocycles. The van der Waals surface area contributed by atoms with Gasteiger partial charge in [0.15, 0.2) is 11.5 Å². The van der Waals surface area contributed by atoms with Crippen molar-refractivity contribution in [2.45, 2.75) is 12.3 Å². The highest BCUT2D eigenvalue weighted by molar-refractivity contribution is 7.97. The van der Waals surface area contributed by atoms with E-state index in [4.69, 9.17) is 14.2 Å². The van der Waals surface area contributed by atoms with Crippen LogP contribution in [0, 0.1) is 0 Å². The standard InChI is InChI=1S/C19H23NO4S/c1-22-16-10-18(24-3)17(23-2)9-15(16)11-20-19(21)14-7-5-6-13(8-14)12-25-4/h5-10H,11-12H2,1-4H3,(H,20,21). The Bertz CT molecular complexity index is 733. The number of rotatable bonds is 8. The van der Waals surface area contributed by atoms with Crippen LogP contribution in [0.1, 0.15) is 21.5 Å². The topological polar surface area (TPSA) is 56.8 Å². The highest BCUT2D eigenvalue weighted by Gasteiger charge is 2.13. The van der Waals surface area contributed by atoms with Gasteiger partial charge in [-0.3, -0.25) is 4.79 Å². The van der Waals surface area contributed by atoms with Gasteiger partial charge in [0.05, 0.1) is 21.3 Å². The number of thioether (sulfide) groups is 1. The lowest BCUT2D eigenvalue weighted by Crippen LogP contribution is -2.23. The first-order valence-electron chi connectivity index (χ1n) is 7.77. The summed E-state index contributed by atoms with van der Waals surface area (Å²) in [5, 5.41) is 2.93. The maximum absolute atomic E-state index is 12.4. The third-order valence-corrected chi connectivity index (χ3v) is 4.35. The van der Waals surface area contributed by atoms with Crippen LogP contribution in [0.25, 0.3) is 0 Å². The smallest absolute Gasteiger partial charge is 0.251 e. The second-order valence-electron chi connectivity index (χ2n) is 5.34. The van der Waals surface area contributed by atoms with Gasteiger partial charge >= 0.3 is 0 Å². The van der Waals surface area contributed by atoms with Gasteiger partial charge in [-0.1, -0.05) is 12.1 Å². The van der Waals surface area contributed by atoms with Crippen molar-refractivity contribution in [1.82, 2.24) is 5.32 Å². The molecule has 1 N–H and O–H groups in total. The number of nitrogens with one attached hydrogen (secondary N) is 1. The summed E-state index contributed by atoms with van der Waals surface area (Å²) in [5.41, 5.74) is 2.59. The second kappa shape index (κ2) is 9.22. The number of carbonyl (C=O) groups is 1. The van der Waals surface area contributed by atoms with E-state index in [2.05, 4.69) is 5.32 Å². The van der Waals surface area contributed by atoms with Crippen molar-refractivity contribution in [3.05, 3.63) is 53.1 Å². The van der Waals surface area contributed by atoms with Crippen LogP contribution in [0.2, 0.25) is 0 Å². The predicted molar refractivity (Wildman–Crippen MR) is 101 cm³/mol. The first-order chi connectivity index (χ1) is 12.1. The fraction of sp³-hybridized carbons (Fsp3) is 0.316.